The molecule has 0 N–H and O–H groups in total. The van der Waals surface area contributed by atoms with Gasteiger partial charge in [-0.05, 0) is 31.9 Å². The van der Waals surface area contributed by atoms with Crippen molar-refractivity contribution in [3.05, 3.63) is 29.8 Å². The number of imide groups is 2. The van der Waals surface area contributed by atoms with Crippen LogP contribution < -0.4 is 4.90 Å². The minimum Gasteiger partial charge on any atom is -0.372 e. The van der Waals surface area contributed by atoms with E-state index in [2.05, 4.69) is 4.90 Å². The molecule has 26 heavy (non-hydrogen) atoms. The lowest BCUT2D eigenvalue weighted by Gasteiger charge is -2.57. The highest BCUT2D eigenvalue weighted by Crippen LogP contribution is 2.48. The Morgan fingerprint density at radius 1 is 1.04 bits per heavy atom. The van der Waals surface area contributed by atoms with Crippen LogP contribution in [0.1, 0.15) is 19.4 Å². The first kappa shape index (κ1) is 17.0. The van der Waals surface area contributed by atoms with Crippen molar-refractivity contribution in [2.45, 2.75) is 38.5 Å². The van der Waals surface area contributed by atoms with Crippen molar-refractivity contribution in [3.63, 3.8) is 0 Å². The van der Waals surface area contributed by atoms with Crippen LogP contribution in [-0.2, 0) is 20.7 Å². The summed E-state index contributed by atoms with van der Waals surface area (Å²) in [7, 11) is 2.88. The molecule has 7 heteroatoms. The highest BCUT2D eigenvalue weighted by atomic mass is 16.5. The fourth-order valence-corrected chi connectivity index (χ4v) is 4.88. The van der Waals surface area contributed by atoms with Crippen molar-refractivity contribution in [1.82, 2.24) is 9.80 Å². The number of para-hydroxylation sites is 1. The Labute approximate surface area is 152 Å². The second kappa shape index (κ2) is 5.54. The van der Waals surface area contributed by atoms with Crippen LogP contribution in [0.2, 0.25) is 0 Å². The molecule has 2 fully saturated rings. The number of hydrogen-bond donors (Lipinski definition) is 0. The zero-order valence-corrected chi connectivity index (χ0v) is 15.4. The van der Waals surface area contributed by atoms with Crippen molar-refractivity contribution in [2.24, 2.45) is 5.41 Å². The maximum Gasteiger partial charge on any atom is 0.332 e. The molecule has 3 aliphatic heterocycles. The summed E-state index contributed by atoms with van der Waals surface area (Å²) in [4.78, 5) is 43.2. The van der Waals surface area contributed by atoms with Gasteiger partial charge in [-0.15, -0.1) is 0 Å². The van der Waals surface area contributed by atoms with Crippen LogP contribution in [0.4, 0.5) is 10.5 Å². The van der Waals surface area contributed by atoms with Gasteiger partial charge in [0.05, 0.1) is 18.2 Å². The first-order chi connectivity index (χ1) is 12.3. The average Bonchev–Trinajstić information content (AvgIpc) is 2.62. The van der Waals surface area contributed by atoms with Gasteiger partial charge >= 0.3 is 6.03 Å². The van der Waals surface area contributed by atoms with Gasteiger partial charge in [0.25, 0.3) is 0 Å². The van der Waals surface area contributed by atoms with Gasteiger partial charge in [0.2, 0.25) is 11.8 Å². The number of urea groups is 1. The van der Waals surface area contributed by atoms with E-state index in [9.17, 15) is 14.4 Å². The van der Waals surface area contributed by atoms with E-state index in [1.807, 2.05) is 38.1 Å². The van der Waals surface area contributed by atoms with Crippen molar-refractivity contribution in [1.29, 1.82) is 0 Å². The van der Waals surface area contributed by atoms with Crippen molar-refractivity contribution in [2.75, 3.05) is 25.5 Å². The standard InChI is InChI=1S/C19H23N3O4/c1-11-10-22-14-8-6-5-7-13(14)9-19(15(22)12(2)26-11)16(23)20(3)18(25)21(4)17(19)24/h5-8,11-12,15H,9-10H2,1-4H3/t11-,12+,15+/m1/s1. The van der Waals surface area contributed by atoms with Crippen LogP contribution in [0.3, 0.4) is 0 Å². The molecule has 0 radical (unpaired) electrons. The molecule has 3 aliphatic rings. The number of rotatable bonds is 0. The molecule has 3 atom stereocenters. The Morgan fingerprint density at radius 3 is 2.31 bits per heavy atom. The van der Waals surface area contributed by atoms with E-state index in [1.54, 1.807) is 0 Å². The van der Waals surface area contributed by atoms with Crippen molar-refractivity contribution in [3.8, 4) is 0 Å². The number of amides is 4. The molecule has 1 aromatic rings. The van der Waals surface area contributed by atoms with Crippen LogP contribution in [0, 0.1) is 5.41 Å². The zero-order chi connectivity index (χ0) is 18.8. The van der Waals surface area contributed by atoms with Gasteiger partial charge < -0.3 is 9.64 Å². The molecule has 0 unspecified atom stereocenters. The van der Waals surface area contributed by atoms with Gasteiger partial charge in [-0.3, -0.25) is 19.4 Å². The van der Waals surface area contributed by atoms with E-state index >= 15 is 0 Å². The minimum atomic E-state index is -1.36. The summed E-state index contributed by atoms with van der Waals surface area (Å²) in [5.74, 6) is -0.889. The molecule has 138 valence electrons. The van der Waals surface area contributed by atoms with Gasteiger partial charge in [-0.25, -0.2) is 4.79 Å². The predicted octanol–water partition coefficient (Wildman–Crippen LogP) is 1.26. The number of carbonyl (C=O) groups is 3. The zero-order valence-electron chi connectivity index (χ0n) is 15.4. The van der Waals surface area contributed by atoms with Gasteiger partial charge in [0, 0.05) is 26.3 Å². The molecule has 7 nitrogen and oxygen atoms in total. The third kappa shape index (κ3) is 2.00. The van der Waals surface area contributed by atoms with E-state index in [1.165, 1.54) is 14.1 Å². The normalized spacial score (nSPS) is 30.5. The van der Waals surface area contributed by atoms with Gasteiger partial charge in [0.15, 0.2) is 5.41 Å². The maximum atomic E-state index is 13.3. The molecule has 0 aromatic heterocycles. The van der Waals surface area contributed by atoms with Crippen molar-refractivity contribution >= 4 is 23.5 Å². The number of anilines is 1. The largest absolute Gasteiger partial charge is 0.372 e. The molecule has 1 spiro atoms. The number of benzene rings is 1. The molecule has 2 saturated heterocycles. The molecule has 1 aromatic carbocycles. The first-order valence-electron chi connectivity index (χ1n) is 8.89. The Bertz CT molecular complexity index is 784. The monoisotopic (exact) mass is 357 g/mol. The fraction of sp³-hybridized carbons (Fsp3) is 0.526. The average molecular weight is 357 g/mol. The molecule has 0 bridgehead atoms. The second-order valence-electron chi connectivity index (χ2n) is 7.54. The summed E-state index contributed by atoms with van der Waals surface area (Å²) in [5.41, 5.74) is 0.626. The third-order valence-electron chi connectivity index (χ3n) is 5.90. The van der Waals surface area contributed by atoms with Crippen LogP contribution >= 0.6 is 0 Å². The molecule has 0 saturated carbocycles. The number of nitrogens with zero attached hydrogens (tertiary/aromatic N) is 3. The topological polar surface area (TPSA) is 70.2 Å². The summed E-state index contributed by atoms with van der Waals surface area (Å²) in [6.45, 7) is 4.48. The molecule has 4 rings (SSSR count). The van der Waals surface area contributed by atoms with Gasteiger partial charge in [-0.2, -0.15) is 0 Å². The van der Waals surface area contributed by atoms with Crippen LogP contribution in [0.15, 0.2) is 24.3 Å². The van der Waals surface area contributed by atoms with E-state index < -0.39 is 29.3 Å². The predicted molar refractivity (Wildman–Crippen MR) is 94.7 cm³/mol. The molecule has 4 amide bonds. The Balaban J connectivity index is 1.94. The quantitative estimate of drug-likeness (QED) is 0.654. The molecule has 0 aliphatic carbocycles. The van der Waals surface area contributed by atoms with Crippen LogP contribution in [-0.4, -0.2) is 66.5 Å². The molecular formula is C19H23N3O4. The minimum absolute atomic E-state index is 0.0182. The van der Waals surface area contributed by atoms with Gasteiger partial charge in [0.1, 0.15) is 0 Å². The third-order valence-corrected chi connectivity index (χ3v) is 5.90. The van der Waals surface area contributed by atoms with E-state index in [4.69, 9.17) is 4.74 Å². The molecular weight excluding hydrogens is 334 g/mol. The number of fused-ring (bicyclic) bond motifs is 4. The second-order valence-corrected chi connectivity index (χ2v) is 7.54. The summed E-state index contributed by atoms with van der Waals surface area (Å²) in [6, 6.07) is 6.81. The number of hydrogen-bond acceptors (Lipinski definition) is 5. The summed E-state index contributed by atoms with van der Waals surface area (Å²) in [5, 5.41) is 0. The smallest absolute Gasteiger partial charge is 0.332 e. The first-order valence-corrected chi connectivity index (χ1v) is 8.89. The Morgan fingerprint density at radius 2 is 1.65 bits per heavy atom. The summed E-state index contributed by atoms with van der Waals surface area (Å²) in [6.07, 6.45) is -0.0724. The fourth-order valence-electron chi connectivity index (χ4n) is 4.88. The van der Waals surface area contributed by atoms with E-state index in [-0.39, 0.29) is 18.6 Å². The van der Waals surface area contributed by atoms with Gasteiger partial charge in [-0.1, -0.05) is 18.2 Å². The summed E-state index contributed by atoms with van der Waals surface area (Å²) >= 11 is 0. The lowest BCUT2D eigenvalue weighted by Crippen LogP contribution is -2.75. The van der Waals surface area contributed by atoms with Crippen molar-refractivity contribution < 1.29 is 19.1 Å². The highest BCUT2D eigenvalue weighted by molar-refractivity contribution is 6.20. The molecule has 3 heterocycles. The highest BCUT2D eigenvalue weighted by Gasteiger charge is 2.65. The number of ether oxygens (including phenoxy) is 1. The number of morpholine rings is 1. The van der Waals surface area contributed by atoms with E-state index in [0.29, 0.717) is 6.54 Å². The maximum absolute atomic E-state index is 13.3. The SMILES string of the molecule is C[C@@H]1CN2c3ccccc3CC3(C(=O)N(C)C(=O)N(C)C3=O)[C@@H]2[C@H](C)O1. The van der Waals surface area contributed by atoms with Crippen LogP contribution in [0.25, 0.3) is 0 Å². The lowest BCUT2D eigenvalue weighted by molar-refractivity contribution is -0.166. The Kier molecular flexibility index (Phi) is 3.63. The Hall–Kier alpha value is -2.41. The number of carbonyl (C=O) groups excluding carboxylic acids is 3. The lowest BCUT2D eigenvalue weighted by atomic mass is 9.66. The van der Waals surface area contributed by atoms with E-state index in [0.717, 1.165) is 21.1 Å². The summed E-state index contributed by atoms with van der Waals surface area (Å²) < 4.78 is 6.02. The number of barbiturate groups is 1. The van der Waals surface area contributed by atoms with Crippen LogP contribution in [0.5, 0.6) is 0 Å².